The Bertz CT molecular complexity index is 1030. The summed E-state index contributed by atoms with van der Waals surface area (Å²) in [6.45, 7) is 2.12. The molecule has 0 unspecified atom stereocenters. The van der Waals surface area contributed by atoms with E-state index in [2.05, 4.69) is 20.7 Å². The molecule has 1 amide bonds. The van der Waals surface area contributed by atoms with Gasteiger partial charge in [0.25, 0.3) is 0 Å². The molecule has 0 radical (unpaired) electrons. The van der Waals surface area contributed by atoms with Gasteiger partial charge in [-0.3, -0.25) is 4.79 Å². The van der Waals surface area contributed by atoms with E-state index in [0.717, 1.165) is 4.80 Å². The van der Waals surface area contributed by atoms with Crippen molar-refractivity contribution < 1.29 is 23.4 Å². The summed E-state index contributed by atoms with van der Waals surface area (Å²) >= 11 is 0. The van der Waals surface area contributed by atoms with Crippen molar-refractivity contribution in [2.75, 3.05) is 13.4 Å². The lowest BCUT2D eigenvalue weighted by Crippen LogP contribution is -2.39. The number of carbonyl (C=O) groups is 1. The molecule has 0 fully saturated rings. The Morgan fingerprint density at radius 2 is 2.10 bits per heavy atom. The van der Waals surface area contributed by atoms with E-state index in [1.54, 1.807) is 36.4 Å². The van der Waals surface area contributed by atoms with Crippen LogP contribution in [0.2, 0.25) is 0 Å². The maximum atomic E-state index is 13.8. The molecule has 4 rings (SSSR count). The van der Waals surface area contributed by atoms with Crippen LogP contribution in [-0.2, 0) is 11.3 Å². The number of hydrogen-bond donors (Lipinski definition) is 1. The number of rotatable bonds is 7. The SMILES string of the molecule is C[C@H](COc1ccc2c(c1)OCO2)NC(=O)Cn1nnc(-c2ccccc2F)n1. The second kappa shape index (κ2) is 8.13. The van der Waals surface area contributed by atoms with Gasteiger partial charge in [-0.25, -0.2) is 4.39 Å². The monoisotopic (exact) mass is 399 g/mol. The highest BCUT2D eigenvalue weighted by molar-refractivity contribution is 5.75. The number of tetrazole rings is 1. The molecule has 0 bridgehead atoms. The molecule has 0 aliphatic carbocycles. The summed E-state index contributed by atoms with van der Waals surface area (Å²) in [5.41, 5.74) is 0.227. The Morgan fingerprint density at radius 1 is 1.28 bits per heavy atom. The molecular formula is C19H18FN5O4. The lowest BCUT2D eigenvalue weighted by atomic mass is 10.2. The molecule has 3 aromatic rings. The summed E-state index contributed by atoms with van der Waals surface area (Å²) < 4.78 is 30.0. The van der Waals surface area contributed by atoms with Gasteiger partial charge < -0.3 is 19.5 Å². The maximum Gasteiger partial charge on any atom is 0.244 e. The molecule has 29 heavy (non-hydrogen) atoms. The lowest BCUT2D eigenvalue weighted by molar-refractivity contribution is -0.122. The molecule has 2 heterocycles. The number of amides is 1. The van der Waals surface area contributed by atoms with Gasteiger partial charge in [0, 0.05) is 6.07 Å². The highest BCUT2D eigenvalue weighted by atomic mass is 19.1. The Hall–Kier alpha value is -3.69. The van der Waals surface area contributed by atoms with Gasteiger partial charge in [-0.05, 0) is 36.4 Å². The molecule has 1 N–H and O–H groups in total. The third kappa shape index (κ3) is 4.42. The minimum atomic E-state index is -0.453. The van der Waals surface area contributed by atoms with Gasteiger partial charge in [-0.2, -0.15) is 4.80 Å². The normalized spacial score (nSPS) is 13.2. The first-order valence-corrected chi connectivity index (χ1v) is 8.93. The first kappa shape index (κ1) is 18.7. The van der Waals surface area contributed by atoms with E-state index in [-0.39, 0.29) is 43.3 Å². The van der Waals surface area contributed by atoms with Crippen LogP contribution in [0, 0.1) is 5.82 Å². The average molecular weight is 399 g/mol. The summed E-state index contributed by atoms with van der Waals surface area (Å²) in [5, 5.41) is 14.4. The fourth-order valence-corrected chi connectivity index (χ4v) is 2.74. The van der Waals surface area contributed by atoms with Gasteiger partial charge in [-0.15, -0.1) is 10.2 Å². The van der Waals surface area contributed by atoms with Crippen molar-refractivity contribution in [2.45, 2.75) is 19.5 Å². The minimum absolute atomic E-state index is 0.120. The smallest absolute Gasteiger partial charge is 0.244 e. The van der Waals surface area contributed by atoms with E-state index in [0.29, 0.717) is 17.2 Å². The Balaban J connectivity index is 1.28. The van der Waals surface area contributed by atoms with Gasteiger partial charge in [-0.1, -0.05) is 12.1 Å². The Labute approximate surface area is 165 Å². The summed E-state index contributed by atoms with van der Waals surface area (Å²) in [6, 6.07) is 11.1. The molecule has 1 aliphatic rings. The molecule has 0 saturated carbocycles. The lowest BCUT2D eigenvalue weighted by Gasteiger charge is -2.15. The number of benzene rings is 2. The van der Waals surface area contributed by atoms with Crippen molar-refractivity contribution in [2.24, 2.45) is 0 Å². The van der Waals surface area contributed by atoms with Crippen molar-refractivity contribution >= 4 is 5.91 Å². The Kier molecular flexibility index (Phi) is 5.23. The van der Waals surface area contributed by atoms with Crippen LogP contribution in [0.1, 0.15) is 6.92 Å². The number of halogens is 1. The second-order valence-corrected chi connectivity index (χ2v) is 6.42. The molecule has 0 saturated heterocycles. The molecule has 1 aliphatic heterocycles. The minimum Gasteiger partial charge on any atom is -0.491 e. The fraction of sp³-hybridized carbons (Fsp3) is 0.263. The Morgan fingerprint density at radius 3 is 2.97 bits per heavy atom. The number of nitrogens with one attached hydrogen (secondary N) is 1. The van der Waals surface area contributed by atoms with Crippen LogP contribution in [0.4, 0.5) is 4.39 Å². The van der Waals surface area contributed by atoms with Gasteiger partial charge >= 0.3 is 0 Å². The van der Waals surface area contributed by atoms with Crippen molar-refractivity contribution in [3.63, 3.8) is 0 Å². The fourth-order valence-electron chi connectivity index (χ4n) is 2.74. The van der Waals surface area contributed by atoms with Crippen LogP contribution in [0.15, 0.2) is 42.5 Å². The zero-order valence-corrected chi connectivity index (χ0v) is 15.5. The summed E-state index contributed by atoms with van der Waals surface area (Å²) in [6.07, 6.45) is 0. The molecule has 9 nitrogen and oxygen atoms in total. The number of aromatic nitrogens is 4. The standard InChI is InChI=1S/C19H18FN5O4/c1-12(10-27-13-6-7-16-17(8-13)29-11-28-16)21-18(26)9-25-23-19(22-24-25)14-4-2-3-5-15(14)20/h2-8,12H,9-11H2,1H3,(H,21,26)/t12-/m1/s1. The predicted octanol–water partition coefficient (Wildman–Crippen LogP) is 1.79. The molecule has 1 aromatic heterocycles. The molecular weight excluding hydrogens is 381 g/mol. The third-order valence-corrected chi connectivity index (χ3v) is 4.10. The quantitative estimate of drug-likeness (QED) is 0.646. The van der Waals surface area contributed by atoms with E-state index in [1.807, 2.05) is 6.92 Å². The number of hydrogen-bond acceptors (Lipinski definition) is 7. The van der Waals surface area contributed by atoms with E-state index >= 15 is 0 Å². The van der Waals surface area contributed by atoms with Gasteiger partial charge in [0.05, 0.1) is 11.6 Å². The van der Waals surface area contributed by atoms with Crippen molar-refractivity contribution in [1.82, 2.24) is 25.5 Å². The topological polar surface area (TPSA) is 100 Å². The van der Waals surface area contributed by atoms with Crippen LogP contribution < -0.4 is 19.5 Å². The van der Waals surface area contributed by atoms with Crippen LogP contribution in [0.5, 0.6) is 17.2 Å². The summed E-state index contributed by atoms with van der Waals surface area (Å²) in [4.78, 5) is 13.3. The number of carbonyl (C=O) groups excluding carboxylic acids is 1. The molecule has 1 atom stereocenters. The largest absolute Gasteiger partial charge is 0.491 e. The van der Waals surface area contributed by atoms with Crippen LogP contribution in [0.25, 0.3) is 11.4 Å². The van der Waals surface area contributed by atoms with E-state index < -0.39 is 5.82 Å². The molecule has 0 spiro atoms. The van der Waals surface area contributed by atoms with Crippen molar-refractivity contribution in [3.05, 3.63) is 48.3 Å². The number of nitrogens with zero attached hydrogens (tertiary/aromatic N) is 4. The summed E-state index contributed by atoms with van der Waals surface area (Å²) in [5.74, 6) is 1.27. The molecule has 150 valence electrons. The van der Waals surface area contributed by atoms with E-state index in [1.165, 1.54) is 6.07 Å². The predicted molar refractivity (Wildman–Crippen MR) is 98.9 cm³/mol. The maximum absolute atomic E-state index is 13.8. The zero-order chi connectivity index (χ0) is 20.2. The van der Waals surface area contributed by atoms with E-state index in [4.69, 9.17) is 14.2 Å². The first-order chi connectivity index (χ1) is 14.1. The third-order valence-electron chi connectivity index (χ3n) is 4.10. The number of fused-ring (bicyclic) bond motifs is 1. The van der Waals surface area contributed by atoms with E-state index in [9.17, 15) is 9.18 Å². The second-order valence-electron chi connectivity index (χ2n) is 6.42. The number of ether oxygens (including phenoxy) is 3. The van der Waals surface area contributed by atoms with Crippen molar-refractivity contribution in [1.29, 1.82) is 0 Å². The average Bonchev–Trinajstić information content (AvgIpc) is 3.35. The van der Waals surface area contributed by atoms with Crippen LogP contribution in [-0.4, -0.2) is 45.6 Å². The van der Waals surface area contributed by atoms with Crippen molar-refractivity contribution in [3.8, 4) is 28.6 Å². The van der Waals surface area contributed by atoms with Gasteiger partial charge in [0.2, 0.25) is 18.5 Å². The summed E-state index contributed by atoms with van der Waals surface area (Å²) in [7, 11) is 0. The van der Waals surface area contributed by atoms with Gasteiger partial charge in [0.1, 0.15) is 24.7 Å². The van der Waals surface area contributed by atoms with Crippen LogP contribution >= 0.6 is 0 Å². The first-order valence-electron chi connectivity index (χ1n) is 8.93. The highest BCUT2D eigenvalue weighted by Crippen LogP contribution is 2.35. The zero-order valence-electron chi connectivity index (χ0n) is 15.5. The van der Waals surface area contributed by atoms with Crippen LogP contribution in [0.3, 0.4) is 0 Å². The highest BCUT2D eigenvalue weighted by Gasteiger charge is 2.16. The molecule has 10 heteroatoms. The van der Waals surface area contributed by atoms with Gasteiger partial charge in [0.15, 0.2) is 11.5 Å². The molecule has 2 aromatic carbocycles.